The second kappa shape index (κ2) is 17.1. The number of allylic oxidation sites excluding steroid dienone is 2. The highest BCUT2D eigenvalue weighted by Crippen LogP contribution is 2.17. The van der Waals surface area contributed by atoms with E-state index in [0.29, 0.717) is 6.42 Å². The largest absolute Gasteiger partial charge is 0.463 e. The normalized spacial score (nSPS) is 13.4. The number of aliphatic hydroxyl groups excluding tert-OH is 1. The third kappa shape index (κ3) is 13.7. The van der Waals surface area contributed by atoms with E-state index >= 15 is 0 Å². The fourth-order valence-corrected chi connectivity index (χ4v) is 3.69. The van der Waals surface area contributed by atoms with Crippen LogP contribution in [0.3, 0.4) is 0 Å². The van der Waals surface area contributed by atoms with Gasteiger partial charge in [0.2, 0.25) is 11.8 Å². The van der Waals surface area contributed by atoms with Crippen LogP contribution in [0.25, 0.3) is 0 Å². The first-order valence-electron chi connectivity index (χ1n) is 12.8. The van der Waals surface area contributed by atoms with Crippen LogP contribution in [0.5, 0.6) is 0 Å². The maximum Gasteiger partial charge on any atom is 0.309 e. The van der Waals surface area contributed by atoms with Gasteiger partial charge in [0.25, 0.3) is 0 Å². The highest BCUT2D eigenvalue weighted by molar-refractivity contribution is 5.86. The zero-order chi connectivity index (χ0) is 28.6. The molecule has 0 saturated heterocycles. The topological polar surface area (TPSA) is 131 Å². The van der Waals surface area contributed by atoms with Crippen LogP contribution in [0.1, 0.15) is 52.0 Å². The number of carbonyl (C=O) groups is 4. The molecule has 1 aromatic rings. The van der Waals surface area contributed by atoms with E-state index in [2.05, 4.69) is 23.8 Å². The fourth-order valence-electron chi connectivity index (χ4n) is 3.69. The van der Waals surface area contributed by atoms with Gasteiger partial charge in [-0.15, -0.1) is 13.2 Å². The molecular formula is C29H42N2O7. The fraction of sp³-hybridized carbons (Fsp3) is 0.517. The smallest absolute Gasteiger partial charge is 0.309 e. The van der Waals surface area contributed by atoms with Gasteiger partial charge in [-0.05, 0) is 45.6 Å². The molecule has 0 bridgehead atoms. The lowest BCUT2D eigenvalue weighted by Gasteiger charge is -2.24. The monoisotopic (exact) mass is 530 g/mol. The van der Waals surface area contributed by atoms with E-state index in [1.54, 1.807) is 32.9 Å². The molecule has 9 nitrogen and oxygen atoms in total. The molecule has 0 spiro atoms. The second-order valence-electron chi connectivity index (χ2n) is 10.0. The number of rotatable bonds is 17. The maximum atomic E-state index is 13.1. The number of ether oxygens (including phenoxy) is 2. The molecule has 3 atom stereocenters. The first-order valence-corrected chi connectivity index (χ1v) is 12.8. The molecule has 0 heterocycles. The van der Waals surface area contributed by atoms with Crippen molar-refractivity contribution in [2.24, 2.45) is 11.8 Å². The standard InChI is InChI=1S/C29H42N2O7/c1-6-11-22(18-25(33)30-15-16-32)27(35)31-24(17-21-13-9-8-10-14-21)20-37-28(36)23(12-7-2)19-26(34)38-29(3,4)5/h6-10,13-14,22-24,32H,1-2,11-12,15-20H2,3-5H3,(H,30,33)(H,31,35)/t22-,23-,24-/m1/s1. The van der Waals surface area contributed by atoms with Gasteiger partial charge < -0.3 is 25.2 Å². The molecule has 0 unspecified atom stereocenters. The summed E-state index contributed by atoms with van der Waals surface area (Å²) in [6.07, 6.45) is 3.77. The summed E-state index contributed by atoms with van der Waals surface area (Å²) in [6.45, 7) is 12.4. The summed E-state index contributed by atoms with van der Waals surface area (Å²) in [7, 11) is 0. The van der Waals surface area contributed by atoms with Crippen LogP contribution in [0.2, 0.25) is 0 Å². The molecule has 38 heavy (non-hydrogen) atoms. The predicted molar refractivity (Wildman–Crippen MR) is 145 cm³/mol. The minimum atomic E-state index is -0.765. The van der Waals surface area contributed by atoms with Crippen molar-refractivity contribution < 1.29 is 33.8 Å². The van der Waals surface area contributed by atoms with E-state index in [1.807, 2.05) is 30.3 Å². The Morgan fingerprint density at radius 2 is 1.63 bits per heavy atom. The van der Waals surface area contributed by atoms with Crippen molar-refractivity contribution in [1.29, 1.82) is 0 Å². The molecule has 1 rings (SSSR count). The molecule has 0 aliphatic rings. The zero-order valence-electron chi connectivity index (χ0n) is 22.7. The van der Waals surface area contributed by atoms with E-state index in [0.717, 1.165) is 5.56 Å². The number of carbonyl (C=O) groups excluding carboxylic acids is 4. The molecule has 2 amide bonds. The molecule has 9 heteroatoms. The lowest BCUT2D eigenvalue weighted by molar-refractivity contribution is -0.161. The van der Waals surface area contributed by atoms with E-state index < -0.39 is 35.4 Å². The minimum Gasteiger partial charge on any atom is -0.463 e. The van der Waals surface area contributed by atoms with Gasteiger partial charge in [0.15, 0.2) is 0 Å². The molecule has 1 aromatic carbocycles. The molecule has 210 valence electrons. The van der Waals surface area contributed by atoms with Gasteiger partial charge in [-0.1, -0.05) is 42.5 Å². The summed E-state index contributed by atoms with van der Waals surface area (Å²) in [6, 6.07) is 8.83. The van der Waals surface area contributed by atoms with Gasteiger partial charge in [0, 0.05) is 13.0 Å². The third-order valence-electron chi connectivity index (χ3n) is 5.40. The van der Waals surface area contributed by atoms with Crippen LogP contribution >= 0.6 is 0 Å². The number of benzene rings is 1. The molecule has 0 aromatic heterocycles. The van der Waals surface area contributed by atoms with Crippen molar-refractivity contribution in [1.82, 2.24) is 10.6 Å². The van der Waals surface area contributed by atoms with Crippen LogP contribution in [-0.4, -0.2) is 60.3 Å². The lowest BCUT2D eigenvalue weighted by Crippen LogP contribution is -2.44. The molecule has 0 aliphatic carbocycles. The minimum absolute atomic E-state index is 0.0764. The third-order valence-corrected chi connectivity index (χ3v) is 5.40. The van der Waals surface area contributed by atoms with Gasteiger partial charge in [-0.3, -0.25) is 19.2 Å². The Balaban J connectivity index is 2.94. The summed E-state index contributed by atoms with van der Waals surface area (Å²) in [5, 5.41) is 14.4. The maximum absolute atomic E-state index is 13.1. The molecular weight excluding hydrogens is 488 g/mol. The Kier molecular flexibility index (Phi) is 14.7. The number of hydrogen-bond acceptors (Lipinski definition) is 7. The highest BCUT2D eigenvalue weighted by atomic mass is 16.6. The van der Waals surface area contributed by atoms with Crippen LogP contribution in [0, 0.1) is 11.8 Å². The van der Waals surface area contributed by atoms with Gasteiger partial charge in [-0.2, -0.15) is 0 Å². The number of amides is 2. The van der Waals surface area contributed by atoms with Crippen LogP contribution < -0.4 is 10.6 Å². The van der Waals surface area contributed by atoms with Crippen molar-refractivity contribution in [3.8, 4) is 0 Å². The summed E-state index contributed by atoms with van der Waals surface area (Å²) in [4.78, 5) is 50.4. The molecule has 0 saturated carbocycles. The summed E-state index contributed by atoms with van der Waals surface area (Å²) >= 11 is 0. The number of aliphatic hydroxyl groups is 1. The van der Waals surface area contributed by atoms with Gasteiger partial charge >= 0.3 is 11.9 Å². The Labute approximate surface area is 225 Å². The molecule has 0 fully saturated rings. The number of esters is 2. The number of nitrogens with one attached hydrogen (secondary N) is 2. The van der Waals surface area contributed by atoms with E-state index in [4.69, 9.17) is 14.6 Å². The highest BCUT2D eigenvalue weighted by Gasteiger charge is 2.28. The van der Waals surface area contributed by atoms with Gasteiger partial charge in [-0.25, -0.2) is 0 Å². The summed E-state index contributed by atoms with van der Waals surface area (Å²) in [5.41, 5.74) is 0.244. The lowest BCUT2D eigenvalue weighted by atomic mass is 9.98. The average molecular weight is 531 g/mol. The molecule has 0 radical (unpaired) electrons. The first kappa shape index (κ1) is 32.6. The Morgan fingerprint density at radius 1 is 1.00 bits per heavy atom. The summed E-state index contributed by atoms with van der Waals surface area (Å²) in [5.74, 6) is -3.28. The summed E-state index contributed by atoms with van der Waals surface area (Å²) < 4.78 is 10.9. The van der Waals surface area contributed by atoms with Gasteiger partial charge in [0.05, 0.1) is 30.9 Å². The van der Waals surface area contributed by atoms with Crippen LogP contribution in [-0.2, 0) is 35.1 Å². The SMILES string of the molecule is C=CC[C@H](CC(=O)NCCO)C(=O)N[C@@H](COC(=O)[C@H](CC=C)CC(=O)OC(C)(C)C)Cc1ccccc1. The van der Waals surface area contributed by atoms with Gasteiger partial charge in [0.1, 0.15) is 12.2 Å². The van der Waals surface area contributed by atoms with E-state index in [-0.39, 0.29) is 57.3 Å². The average Bonchev–Trinajstić information content (AvgIpc) is 2.84. The van der Waals surface area contributed by atoms with Crippen molar-refractivity contribution in [2.75, 3.05) is 19.8 Å². The Morgan fingerprint density at radius 3 is 2.21 bits per heavy atom. The molecule has 0 aliphatic heterocycles. The second-order valence-corrected chi connectivity index (χ2v) is 10.0. The Hall–Kier alpha value is -3.46. The number of hydrogen-bond donors (Lipinski definition) is 3. The zero-order valence-corrected chi connectivity index (χ0v) is 22.7. The van der Waals surface area contributed by atoms with Crippen molar-refractivity contribution in [3.63, 3.8) is 0 Å². The van der Waals surface area contributed by atoms with Crippen molar-refractivity contribution in [2.45, 2.75) is 64.5 Å². The van der Waals surface area contributed by atoms with Crippen LogP contribution in [0.4, 0.5) is 0 Å². The molecule has 3 N–H and O–H groups in total. The van der Waals surface area contributed by atoms with Crippen LogP contribution in [0.15, 0.2) is 55.6 Å². The Bertz CT molecular complexity index is 925. The quantitative estimate of drug-likeness (QED) is 0.208. The van der Waals surface area contributed by atoms with E-state index in [1.165, 1.54) is 0 Å². The van der Waals surface area contributed by atoms with Crippen molar-refractivity contribution in [3.05, 3.63) is 61.2 Å². The first-order chi connectivity index (χ1) is 18.0. The van der Waals surface area contributed by atoms with Crippen molar-refractivity contribution >= 4 is 23.8 Å². The van der Waals surface area contributed by atoms with E-state index in [9.17, 15) is 19.2 Å². The predicted octanol–water partition coefficient (Wildman–Crippen LogP) is 2.87.